The molecule has 0 N–H and O–H groups in total. The quantitative estimate of drug-likeness (QED) is 0.807. The summed E-state index contributed by atoms with van der Waals surface area (Å²) in [5.74, 6) is 1.48. The summed E-state index contributed by atoms with van der Waals surface area (Å²) in [7, 11) is 2.04. The fourth-order valence-electron chi connectivity index (χ4n) is 2.18. The monoisotopic (exact) mass is 241 g/mol. The van der Waals surface area contributed by atoms with Gasteiger partial charge in [-0.1, -0.05) is 19.9 Å². The Bertz CT molecular complexity index is 627. The number of imidazole rings is 1. The number of rotatable bonds is 2. The molecule has 18 heavy (non-hydrogen) atoms. The number of hydrogen-bond donors (Lipinski definition) is 0. The van der Waals surface area contributed by atoms with Gasteiger partial charge in [-0.25, -0.2) is 4.98 Å². The van der Waals surface area contributed by atoms with E-state index >= 15 is 0 Å². The Kier molecular flexibility index (Phi) is 2.90. The third-order valence-electron chi connectivity index (χ3n) is 3.43. The maximum atomic E-state index is 9.21. The van der Waals surface area contributed by atoms with E-state index in [0.717, 1.165) is 22.4 Å². The molecule has 0 bridgehead atoms. The zero-order valence-electron chi connectivity index (χ0n) is 11.7. The van der Waals surface area contributed by atoms with E-state index in [4.69, 9.17) is 0 Å². The van der Waals surface area contributed by atoms with Gasteiger partial charge in [-0.05, 0) is 31.5 Å². The highest BCUT2D eigenvalue weighted by Gasteiger charge is 2.21. The Morgan fingerprint density at radius 2 is 2.00 bits per heavy atom. The van der Waals surface area contributed by atoms with Gasteiger partial charge in [-0.3, -0.25) is 0 Å². The molecule has 94 valence electrons. The van der Waals surface area contributed by atoms with Crippen LogP contribution >= 0.6 is 0 Å². The second-order valence-electron chi connectivity index (χ2n) is 5.62. The Hall–Kier alpha value is -1.82. The van der Waals surface area contributed by atoms with E-state index < -0.39 is 5.41 Å². The average Bonchev–Trinajstić information content (AvgIpc) is 2.66. The van der Waals surface area contributed by atoms with Crippen LogP contribution in [0.15, 0.2) is 18.2 Å². The third-order valence-corrected chi connectivity index (χ3v) is 3.43. The molecule has 0 aliphatic heterocycles. The molecule has 1 aromatic carbocycles. The smallest absolute Gasteiger partial charge is 0.112 e. The molecule has 0 amide bonds. The molecule has 3 nitrogen and oxygen atoms in total. The molecule has 1 aromatic heterocycles. The molecule has 0 unspecified atom stereocenters. The van der Waals surface area contributed by atoms with Crippen molar-refractivity contribution in [2.75, 3.05) is 0 Å². The highest BCUT2D eigenvalue weighted by molar-refractivity contribution is 5.77. The Morgan fingerprint density at radius 3 is 2.56 bits per heavy atom. The van der Waals surface area contributed by atoms with Crippen LogP contribution in [-0.4, -0.2) is 9.55 Å². The number of fused-ring (bicyclic) bond motifs is 1. The van der Waals surface area contributed by atoms with Crippen LogP contribution in [0.5, 0.6) is 0 Å². The summed E-state index contributed by atoms with van der Waals surface area (Å²) in [5, 5.41) is 9.21. The highest BCUT2D eigenvalue weighted by Crippen LogP contribution is 2.27. The van der Waals surface area contributed by atoms with Crippen LogP contribution in [0.25, 0.3) is 11.0 Å². The summed E-state index contributed by atoms with van der Waals surface area (Å²) in [6.45, 7) is 8.16. The van der Waals surface area contributed by atoms with Crippen LogP contribution in [0.4, 0.5) is 0 Å². The lowest BCUT2D eigenvalue weighted by Gasteiger charge is -2.15. The number of benzene rings is 1. The molecule has 3 heteroatoms. The van der Waals surface area contributed by atoms with Crippen molar-refractivity contribution in [2.24, 2.45) is 7.05 Å². The summed E-state index contributed by atoms with van der Waals surface area (Å²) in [4.78, 5) is 4.64. The van der Waals surface area contributed by atoms with E-state index in [-0.39, 0.29) is 0 Å². The van der Waals surface area contributed by atoms with Crippen LogP contribution in [0.1, 0.15) is 45.0 Å². The minimum absolute atomic E-state index is 0.398. The van der Waals surface area contributed by atoms with E-state index in [1.165, 1.54) is 0 Å². The molecule has 1 heterocycles. The molecule has 0 aliphatic carbocycles. The Balaban J connectivity index is 2.66. The van der Waals surface area contributed by atoms with Crippen molar-refractivity contribution in [1.82, 2.24) is 9.55 Å². The Labute approximate surface area is 108 Å². The van der Waals surface area contributed by atoms with Crippen molar-refractivity contribution in [3.8, 4) is 6.07 Å². The van der Waals surface area contributed by atoms with Crippen LogP contribution < -0.4 is 0 Å². The van der Waals surface area contributed by atoms with E-state index in [1.54, 1.807) is 0 Å². The minimum atomic E-state index is -0.462. The first-order valence-corrected chi connectivity index (χ1v) is 6.25. The molecule has 0 radical (unpaired) electrons. The number of hydrogen-bond acceptors (Lipinski definition) is 2. The van der Waals surface area contributed by atoms with Gasteiger partial charge in [-0.15, -0.1) is 0 Å². The maximum absolute atomic E-state index is 9.21. The minimum Gasteiger partial charge on any atom is -0.331 e. The lowest BCUT2D eigenvalue weighted by Crippen LogP contribution is -2.13. The average molecular weight is 241 g/mol. The normalized spacial score (nSPS) is 12.1. The molecular formula is C15H19N3. The van der Waals surface area contributed by atoms with E-state index in [9.17, 15) is 5.26 Å². The first kappa shape index (κ1) is 12.6. The highest BCUT2D eigenvalue weighted by atomic mass is 15.1. The summed E-state index contributed by atoms with van der Waals surface area (Å²) in [6, 6.07) is 8.43. The van der Waals surface area contributed by atoms with Gasteiger partial charge in [0.15, 0.2) is 0 Å². The summed E-state index contributed by atoms with van der Waals surface area (Å²) in [6.07, 6.45) is 0. The summed E-state index contributed by atoms with van der Waals surface area (Å²) in [5.41, 5.74) is 2.67. The largest absolute Gasteiger partial charge is 0.331 e. The molecule has 0 saturated carbocycles. The number of nitriles is 1. The molecule has 0 atom stereocenters. The zero-order chi connectivity index (χ0) is 13.5. The first-order chi connectivity index (χ1) is 8.36. The van der Waals surface area contributed by atoms with E-state index in [1.807, 2.05) is 33.0 Å². The zero-order valence-corrected chi connectivity index (χ0v) is 11.7. The third kappa shape index (κ3) is 1.88. The summed E-state index contributed by atoms with van der Waals surface area (Å²) >= 11 is 0. The first-order valence-electron chi connectivity index (χ1n) is 6.25. The summed E-state index contributed by atoms with van der Waals surface area (Å²) < 4.78 is 2.12. The van der Waals surface area contributed by atoms with E-state index in [0.29, 0.717) is 5.92 Å². The standard InChI is InChI=1S/C15H19N3/c1-10(2)14-17-12-7-6-11(15(3,4)9-16)8-13(12)18(14)5/h6-8,10H,1-5H3. The molecule has 0 saturated heterocycles. The fourth-order valence-corrected chi connectivity index (χ4v) is 2.18. The second-order valence-corrected chi connectivity index (χ2v) is 5.62. The van der Waals surface area contributed by atoms with Gasteiger partial charge in [0, 0.05) is 13.0 Å². The van der Waals surface area contributed by atoms with Crippen LogP contribution in [0.2, 0.25) is 0 Å². The predicted molar refractivity (Wildman–Crippen MR) is 73.4 cm³/mol. The number of aryl methyl sites for hydroxylation is 1. The van der Waals surface area contributed by atoms with Gasteiger partial charge >= 0.3 is 0 Å². The molecule has 0 fully saturated rings. The second kappa shape index (κ2) is 4.13. The van der Waals surface area contributed by atoms with E-state index in [2.05, 4.69) is 35.5 Å². The van der Waals surface area contributed by atoms with Crippen molar-refractivity contribution in [1.29, 1.82) is 5.26 Å². The Morgan fingerprint density at radius 1 is 1.33 bits per heavy atom. The van der Waals surface area contributed by atoms with Crippen molar-refractivity contribution in [2.45, 2.75) is 39.0 Å². The van der Waals surface area contributed by atoms with Gasteiger partial charge in [0.25, 0.3) is 0 Å². The van der Waals surface area contributed by atoms with Gasteiger partial charge in [0.2, 0.25) is 0 Å². The number of aromatic nitrogens is 2. The van der Waals surface area contributed by atoms with Gasteiger partial charge < -0.3 is 4.57 Å². The van der Waals surface area contributed by atoms with Crippen LogP contribution in [0, 0.1) is 11.3 Å². The van der Waals surface area contributed by atoms with Crippen molar-refractivity contribution < 1.29 is 0 Å². The molecule has 2 aromatic rings. The van der Waals surface area contributed by atoms with Crippen molar-refractivity contribution in [3.05, 3.63) is 29.6 Å². The van der Waals surface area contributed by atoms with Crippen LogP contribution in [0.3, 0.4) is 0 Å². The lowest BCUT2D eigenvalue weighted by molar-refractivity contribution is 0.686. The fraction of sp³-hybridized carbons (Fsp3) is 0.467. The molecule has 2 rings (SSSR count). The van der Waals surface area contributed by atoms with Gasteiger partial charge in [-0.2, -0.15) is 5.26 Å². The molecule has 0 aliphatic rings. The predicted octanol–water partition coefficient (Wildman–Crippen LogP) is 3.50. The maximum Gasteiger partial charge on any atom is 0.112 e. The van der Waals surface area contributed by atoms with Gasteiger partial charge in [0.1, 0.15) is 5.82 Å². The van der Waals surface area contributed by atoms with Crippen molar-refractivity contribution >= 4 is 11.0 Å². The van der Waals surface area contributed by atoms with Gasteiger partial charge in [0.05, 0.1) is 22.5 Å². The number of nitrogens with zero attached hydrogens (tertiary/aromatic N) is 3. The SMILES string of the molecule is CC(C)c1nc2ccc(C(C)(C)C#N)cc2n1C. The van der Waals surface area contributed by atoms with Crippen LogP contribution in [-0.2, 0) is 12.5 Å². The molecule has 0 spiro atoms. The topological polar surface area (TPSA) is 41.6 Å². The molecular weight excluding hydrogens is 222 g/mol. The lowest BCUT2D eigenvalue weighted by atomic mass is 9.86. The van der Waals surface area contributed by atoms with Crippen molar-refractivity contribution in [3.63, 3.8) is 0 Å².